The van der Waals surface area contributed by atoms with Gasteiger partial charge in [0.05, 0.1) is 12.5 Å². The fourth-order valence-electron chi connectivity index (χ4n) is 3.24. The molecule has 0 saturated carbocycles. The van der Waals surface area contributed by atoms with E-state index in [1.807, 2.05) is 13.8 Å². The topological polar surface area (TPSA) is 214 Å². The maximum Gasteiger partial charge on any atom is 0.326 e. The summed E-state index contributed by atoms with van der Waals surface area (Å²) in [5.41, 5.74) is 11.3. The maximum absolute atomic E-state index is 12.9. The summed E-state index contributed by atoms with van der Waals surface area (Å²) < 4.78 is 0. The highest BCUT2D eigenvalue weighted by Gasteiger charge is 2.32. The highest BCUT2D eigenvalue weighted by Crippen LogP contribution is 2.09. The van der Waals surface area contributed by atoms with Gasteiger partial charge in [-0.1, -0.05) is 34.1 Å². The largest absolute Gasteiger partial charge is 0.481 e. The minimum absolute atomic E-state index is 0.0151. The molecule has 0 radical (unpaired) electrons. The molecular formula is C22H41N5O7. The van der Waals surface area contributed by atoms with E-state index in [0.717, 1.165) is 0 Å². The molecule has 0 aromatic heterocycles. The maximum atomic E-state index is 12.9. The Kier molecular flexibility index (Phi) is 14.7. The molecule has 4 atom stereocenters. The van der Waals surface area contributed by atoms with Crippen molar-refractivity contribution in [2.45, 2.75) is 90.4 Å². The Hall–Kier alpha value is -2.73. The second kappa shape index (κ2) is 16.0. The zero-order chi connectivity index (χ0) is 26.4. The first-order chi connectivity index (χ1) is 15.8. The van der Waals surface area contributed by atoms with Gasteiger partial charge in [-0.05, 0) is 44.1 Å². The summed E-state index contributed by atoms with van der Waals surface area (Å²) in [6.45, 7) is 7.69. The van der Waals surface area contributed by atoms with Gasteiger partial charge in [-0.3, -0.25) is 19.2 Å². The fourth-order valence-corrected chi connectivity index (χ4v) is 3.24. The van der Waals surface area contributed by atoms with Crippen LogP contribution in [0, 0.1) is 11.8 Å². The van der Waals surface area contributed by atoms with Gasteiger partial charge in [-0.25, -0.2) is 4.79 Å². The number of rotatable bonds is 17. The molecular weight excluding hydrogens is 446 g/mol. The SMILES string of the molecule is CC(C)CC(NC(=O)C(CC(=O)O)NC(=O)C(CC(C)C)NC(=O)C(N)CCCCN)C(=O)O. The predicted molar refractivity (Wildman–Crippen MR) is 125 cm³/mol. The molecule has 0 aliphatic heterocycles. The average Bonchev–Trinajstić information content (AvgIpc) is 2.71. The first-order valence-corrected chi connectivity index (χ1v) is 11.6. The zero-order valence-corrected chi connectivity index (χ0v) is 20.5. The summed E-state index contributed by atoms with van der Waals surface area (Å²) in [6, 6.07) is -4.66. The third-order valence-corrected chi connectivity index (χ3v) is 4.98. The summed E-state index contributed by atoms with van der Waals surface area (Å²) in [7, 11) is 0. The minimum Gasteiger partial charge on any atom is -0.481 e. The smallest absolute Gasteiger partial charge is 0.326 e. The lowest BCUT2D eigenvalue weighted by molar-refractivity contribution is -0.144. The lowest BCUT2D eigenvalue weighted by Crippen LogP contribution is -2.57. The molecule has 0 rings (SSSR count). The summed E-state index contributed by atoms with van der Waals surface area (Å²) >= 11 is 0. The Labute approximate surface area is 200 Å². The molecule has 3 amide bonds. The number of carbonyl (C=O) groups excluding carboxylic acids is 3. The zero-order valence-electron chi connectivity index (χ0n) is 20.5. The number of nitrogens with two attached hydrogens (primary N) is 2. The van der Waals surface area contributed by atoms with Crippen molar-refractivity contribution < 1.29 is 34.2 Å². The number of hydrogen-bond acceptors (Lipinski definition) is 7. The molecule has 0 aromatic rings. The third-order valence-electron chi connectivity index (χ3n) is 4.98. The van der Waals surface area contributed by atoms with E-state index >= 15 is 0 Å². The van der Waals surface area contributed by atoms with Gasteiger partial charge in [-0.15, -0.1) is 0 Å². The summed E-state index contributed by atoms with van der Waals surface area (Å²) in [5.74, 6) is -4.92. The van der Waals surface area contributed by atoms with E-state index < -0.39 is 60.2 Å². The summed E-state index contributed by atoms with van der Waals surface area (Å²) in [5, 5.41) is 25.8. The third kappa shape index (κ3) is 13.1. The molecule has 4 unspecified atom stereocenters. The van der Waals surface area contributed by atoms with Crippen molar-refractivity contribution in [2.24, 2.45) is 23.3 Å². The van der Waals surface area contributed by atoms with Crippen molar-refractivity contribution >= 4 is 29.7 Å². The molecule has 0 fully saturated rings. The van der Waals surface area contributed by atoms with E-state index in [4.69, 9.17) is 11.5 Å². The number of hydrogen-bond donors (Lipinski definition) is 7. The van der Waals surface area contributed by atoms with Crippen LogP contribution in [0.1, 0.15) is 66.2 Å². The van der Waals surface area contributed by atoms with Crippen LogP contribution in [0.15, 0.2) is 0 Å². The van der Waals surface area contributed by atoms with E-state index in [1.165, 1.54) is 0 Å². The highest BCUT2D eigenvalue weighted by atomic mass is 16.4. The van der Waals surface area contributed by atoms with E-state index in [2.05, 4.69) is 16.0 Å². The van der Waals surface area contributed by atoms with Crippen molar-refractivity contribution in [3.05, 3.63) is 0 Å². The Morgan fingerprint density at radius 3 is 1.68 bits per heavy atom. The van der Waals surface area contributed by atoms with Crippen LogP contribution in [0.2, 0.25) is 0 Å². The normalized spacial score (nSPS) is 14.7. The Bertz CT molecular complexity index is 699. The van der Waals surface area contributed by atoms with Crippen LogP contribution < -0.4 is 27.4 Å². The van der Waals surface area contributed by atoms with Gasteiger partial charge >= 0.3 is 11.9 Å². The Balaban J connectivity index is 5.45. The second-order valence-electron chi connectivity index (χ2n) is 9.27. The van der Waals surface area contributed by atoms with Crippen molar-refractivity contribution in [1.82, 2.24) is 16.0 Å². The number of carboxylic acid groups (broad SMARTS) is 2. The Morgan fingerprint density at radius 2 is 1.21 bits per heavy atom. The van der Waals surface area contributed by atoms with Crippen LogP contribution in [-0.4, -0.2) is 70.6 Å². The number of carbonyl (C=O) groups is 5. The minimum atomic E-state index is -1.52. The lowest BCUT2D eigenvalue weighted by atomic mass is 10.0. The van der Waals surface area contributed by atoms with Crippen LogP contribution in [0.5, 0.6) is 0 Å². The quantitative estimate of drug-likeness (QED) is 0.132. The number of amides is 3. The highest BCUT2D eigenvalue weighted by molar-refractivity contribution is 5.95. The van der Waals surface area contributed by atoms with Gasteiger partial charge in [0.2, 0.25) is 17.7 Å². The number of aliphatic carboxylic acids is 2. The molecule has 0 aliphatic rings. The average molecular weight is 488 g/mol. The van der Waals surface area contributed by atoms with Gasteiger partial charge in [0.15, 0.2) is 0 Å². The molecule has 0 bridgehead atoms. The van der Waals surface area contributed by atoms with E-state index in [1.54, 1.807) is 13.8 Å². The van der Waals surface area contributed by atoms with Crippen molar-refractivity contribution in [2.75, 3.05) is 6.54 Å². The van der Waals surface area contributed by atoms with Crippen molar-refractivity contribution in [1.29, 1.82) is 0 Å². The molecule has 0 heterocycles. The fraction of sp³-hybridized carbons (Fsp3) is 0.773. The van der Waals surface area contributed by atoms with E-state index in [-0.39, 0.29) is 24.7 Å². The second-order valence-corrected chi connectivity index (χ2v) is 9.27. The molecule has 196 valence electrons. The summed E-state index contributed by atoms with van der Waals surface area (Å²) in [4.78, 5) is 60.8. The molecule has 0 aromatic carbocycles. The van der Waals surface area contributed by atoms with Crippen molar-refractivity contribution in [3.8, 4) is 0 Å². The molecule has 0 spiro atoms. The molecule has 0 aliphatic carbocycles. The van der Waals surface area contributed by atoms with E-state index in [9.17, 15) is 34.2 Å². The molecule has 9 N–H and O–H groups in total. The van der Waals surface area contributed by atoms with Gasteiger partial charge in [-0.2, -0.15) is 0 Å². The predicted octanol–water partition coefficient (Wildman–Crippen LogP) is -0.451. The van der Waals surface area contributed by atoms with Crippen molar-refractivity contribution in [3.63, 3.8) is 0 Å². The Morgan fingerprint density at radius 1 is 0.735 bits per heavy atom. The molecule has 12 heteroatoms. The molecule has 34 heavy (non-hydrogen) atoms. The van der Waals surface area contributed by atoms with Crippen LogP contribution in [0.4, 0.5) is 0 Å². The first kappa shape index (κ1) is 31.3. The number of carboxylic acids is 2. The van der Waals surface area contributed by atoms with Crippen LogP contribution in [-0.2, 0) is 24.0 Å². The summed E-state index contributed by atoms with van der Waals surface area (Å²) in [6.07, 6.45) is 1.33. The van der Waals surface area contributed by atoms with Gasteiger partial charge in [0.25, 0.3) is 0 Å². The van der Waals surface area contributed by atoms with E-state index in [0.29, 0.717) is 25.8 Å². The lowest BCUT2D eigenvalue weighted by Gasteiger charge is -2.25. The number of nitrogens with one attached hydrogen (secondary N) is 3. The molecule has 0 saturated heterocycles. The monoisotopic (exact) mass is 487 g/mol. The van der Waals surface area contributed by atoms with Gasteiger partial charge < -0.3 is 37.6 Å². The van der Waals surface area contributed by atoms with Crippen LogP contribution >= 0.6 is 0 Å². The standard InChI is InChI=1S/C22H41N5O7/c1-12(2)9-15(25-19(30)14(24)7-5-6-8-23)20(31)26-16(11-18(28)29)21(32)27-17(22(33)34)10-13(3)4/h12-17H,5-11,23-24H2,1-4H3,(H,25,30)(H,26,31)(H,27,32)(H,28,29)(H,33,34). The number of unbranched alkanes of at least 4 members (excludes halogenated alkanes) is 1. The molecule has 12 nitrogen and oxygen atoms in total. The van der Waals surface area contributed by atoms with Crippen LogP contribution in [0.3, 0.4) is 0 Å². The van der Waals surface area contributed by atoms with Crippen LogP contribution in [0.25, 0.3) is 0 Å². The first-order valence-electron chi connectivity index (χ1n) is 11.6. The van der Waals surface area contributed by atoms with Gasteiger partial charge in [0.1, 0.15) is 18.1 Å². The van der Waals surface area contributed by atoms with Gasteiger partial charge in [0, 0.05) is 0 Å².